The molecule has 0 aliphatic carbocycles. The first-order valence-corrected chi connectivity index (χ1v) is 15.3. The Kier molecular flexibility index (Phi) is 4.02. The van der Waals surface area contributed by atoms with Gasteiger partial charge in [-0.2, -0.15) is 0 Å². The van der Waals surface area contributed by atoms with Crippen molar-refractivity contribution in [2.75, 3.05) is 0 Å². The van der Waals surface area contributed by atoms with Crippen LogP contribution in [0.1, 0.15) is 0 Å². The highest BCUT2D eigenvalue weighted by atomic mass is 15.0. The van der Waals surface area contributed by atoms with Crippen LogP contribution in [0.3, 0.4) is 0 Å². The minimum absolute atomic E-state index is 1.18. The summed E-state index contributed by atoms with van der Waals surface area (Å²) in [4.78, 5) is 0. The van der Waals surface area contributed by atoms with E-state index in [9.17, 15) is 0 Å². The average molecular weight is 560 g/mol. The Balaban J connectivity index is 1.59. The van der Waals surface area contributed by atoms with Gasteiger partial charge in [0, 0.05) is 55.8 Å². The summed E-state index contributed by atoms with van der Waals surface area (Å²) in [6.45, 7) is 0. The topological polar surface area (TPSA) is 14.3 Å². The van der Waals surface area contributed by atoms with Gasteiger partial charge in [-0.3, -0.25) is 0 Å². The van der Waals surface area contributed by atoms with E-state index in [1.807, 2.05) is 0 Å². The first kappa shape index (κ1) is 22.8. The van der Waals surface area contributed by atoms with Crippen LogP contribution in [-0.4, -0.2) is 13.5 Å². The monoisotopic (exact) mass is 559 g/mol. The van der Waals surface area contributed by atoms with Crippen LogP contribution in [0.5, 0.6) is 0 Å². The lowest BCUT2D eigenvalue weighted by Crippen LogP contribution is -1.97. The Labute approximate surface area is 251 Å². The molecule has 0 radical (unpaired) electrons. The third kappa shape index (κ3) is 2.53. The van der Waals surface area contributed by atoms with E-state index in [1.54, 1.807) is 0 Å². The predicted molar refractivity (Wildman–Crippen MR) is 187 cm³/mol. The Morgan fingerprint density at radius 2 is 1.05 bits per heavy atom. The average Bonchev–Trinajstić information content (AvgIpc) is 3.66. The van der Waals surface area contributed by atoms with Crippen molar-refractivity contribution in [2.45, 2.75) is 0 Å². The Bertz CT molecular complexity index is 2990. The molecular formula is C41H25N3. The van der Waals surface area contributed by atoms with E-state index in [0.717, 1.165) is 0 Å². The van der Waals surface area contributed by atoms with Crippen molar-refractivity contribution in [2.24, 2.45) is 7.05 Å². The van der Waals surface area contributed by atoms with Crippen molar-refractivity contribution in [3.05, 3.63) is 133 Å². The van der Waals surface area contributed by atoms with Crippen LogP contribution in [0, 0.1) is 0 Å². The summed E-state index contributed by atoms with van der Waals surface area (Å²) in [5.74, 6) is 0. The Morgan fingerprint density at radius 1 is 0.386 bits per heavy atom. The Hall–Kier alpha value is -5.80. The molecule has 11 aromatic rings. The number of rotatable bonds is 1. The van der Waals surface area contributed by atoms with Crippen molar-refractivity contribution < 1.29 is 0 Å². The van der Waals surface area contributed by atoms with Crippen molar-refractivity contribution >= 4 is 92.5 Å². The van der Waals surface area contributed by atoms with E-state index >= 15 is 0 Å². The maximum atomic E-state index is 2.56. The molecule has 0 saturated carbocycles. The predicted octanol–water partition coefficient (Wildman–Crippen LogP) is 10.7. The first-order chi connectivity index (χ1) is 21.8. The molecule has 0 aliphatic rings. The third-order valence-corrected chi connectivity index (χ3v) is 10.1. The van der Waals surface area contributed by atoms with E-state index in [4.69, 9.17) is 0 Å². The summed E-state index contributed by atoms with van der Waals surface area (Å²) < 4.78 is 7.50. The molecule has 11 rings (SSSR count). The van der Waals surface area contributed by atoms with Gasteiger partial charge in [0.25, 0.3) is 0 Å². The first-order valence-electron chi connectivity index (χ1n) is 15.3. The second kappa shape index (κ2) is 7.77. The molecule has 204 valence electrons. The molecule has 3 heteroatoms. The molecular weight excluding hydrogens is 534 g/mol. The summed E-state index contributed by atoms with van der Waals surface area (Å²) >= 11 is 0. The SMILES string of the molecule is Cn1c2cc3ccccc3c3c4cccc5c6ccccc6n(c6cc7c8ccccc8n(-c8ccccc8)c7c1c6c32)c54. The van der Waals surface area contributed by atoms with Crippen molar-refractivity contribution in [3.63, 3.8) is 0 Å². The molecule has 4 aromatic heterocycles. The molecule has 0 amide bonds. The molecule has 3 nitrogen and oxygen atoms in total. The molecule has 0 atom stereocenters. The van der Waals surface area contributed by atoms with Gasteiger partial charge in [-0.05, 0) is 47.2 Å². The second-order valence-corrected chi connectivity index (χ2v) is 12.2. The molecule has 0 spiro atoms. The molecule has 0 fully saturated rings. The van der Waals surface area contributed by atoms with Gasteiger partial charge in [-0.25, -0.2) is 0 Å². The number of fused-ring (bicyclic) bond motifs is 11. The van der Waals surface area contributed by atoms with Crippen LogP contribution in [0.25, 0.3) is 98.2 Å². The lowest BCUT2D eigenvalue weighted by molar-refractivity contribution is 1.01. The van der Waals surface area contributed by atoms with E-state index < -0.39 is 0 Å². The zero-order valence-electron chi connectivity index (χ0n) is 24.0. The zero-order chi connectivity index (χ0) is 28.7. The van der Waals surface area contributed by atoms with Crippen molar-refractivity contribution in [1.29, 1.82) is 0 Å². The van der Waals surface area contributed by atoms with Gasteiger partial charge in [-0.1, -0.05) is 97.1 Å². The minimum atomic E-state index is 1.18. The fourth-order valence-corrected chi connectivity index (χ4v) is 8.41. The molecule has 0 saturated heterocycles. The van der Waals surface area contributed by atoms with E-state index in [-0.39, 0.29) is 0 Å². The molecule has 7 aromatic carbocycles. The number of aromatic nitrogens is 3. The van der Waals surface area contributed by atoms with Gasteiger partial charge < -0.3 is 13.5 Å². The standard InChI is InChI=1S/C41H25N3/c1-42-34-22-24-12-5-6-15-26(24)36-30-19-11-18-29-27-16-7-10-21-33(27)44(39(29)30)35-23-31-28-17-8-9-20-32(28)43(25-13-3-2-4-14-25)40(31)41(42)38(35)37(34)36/h2-23H,1H3. The number of hydrogen-bond acceptors (Lipinski definition) is 0. The van der Waals surface area contributed by atoms with E-state index in [2.05, 4.69) is 154 Å². The summed E-state index contributed by atoms with van der Waals surface area (Å²) in [5, 5.41) is 13.0. The van der Waals surface area contributed by atoms with Crippen LogP contribution < -0.4 is 0 Å². The highest BCUT2D eigenvalue weighted by Crippen LogP contribution is 2.48. The summed E-state index contributed by atoms with van der Waals surface area (Å²) in [7, 11) is 2.26. The van der Waals surface area contributed by atoms with Gasteiger partial charge in [-0.15, -0.1) is 0 Å². The largest absolute Gasteiger partial charge is 0.342 e. The van der Waals surface area contributed by atoms with E-state index in [0.29, 0.717) is 0 Å². The molecule has 0 N–H and O–H groups in total. The highest BCUT2D eigenvalue weighted by molar-refractivity contribution is 6.39. The highest BCUT2D eigenvalue weighted by Gasteiger charge is 2.26. The van der Waals surface area contributed by atoms with Crippen molar-refractivity contribution in [3.8, 4) is 5.69 Å². The van der Waals surface area contributed by atoms with Gasteiger partial charge in [0.2, 0.25) is 0 Å². The lowest BCUT2D eigenvalue weighted by atomic mass is 9.97. The van der Waals surface area contributed by atoms with Crippen molar-refractivity contribution in [1.82, 2.24) is 13.5 Å². The number of benzene rings is 7. The van der Waals surface area contributed by atoms with Gasteiger partial charge in [0.05, 0.1) is 38.6 Å². The molecule has 4 heterocycles. The van der Waals surface area contributed by atoms with Crippen LogP contribution in [0.2, 0.25) is 0 Å². The number of nitrogens with zero attached hydrogens (tertiary/aromatic N) is 3. The molecule has 0 bridgehead atoms. The Morgan fingerprint density at radius 3 is 1.89 bits per heavy atom. The van der Waals surface area contributed by atoms with Gasteiger partial charge in [0.15, 0.2) is 0 Å². The molecule has 0 aliphatic heterocycles. The minimum Gasteiger partial charge on any atom is -0.342 e. The second-order valence-electron chi connectivity index (χ2n) is 12.2. The summed E-state index contributed by atoms with van der Waals surface area (Å²) in [5.41, 5.74) is 9.97. The molecule has 0 unspecified atom stereocenters. The maximum Gasteiger partial charge on any atom is 0.0786 e. The van der Waals surface area contributed by atoms with Crippen LogP contribution in [0.15, 0.2) is 133 Å². The van der Waals surface area contributed by atoms with Crippen LogP contribution >= 0.6 is 0 Å². The van der Waals surface area contributed by atoms with Gasteiger partial charge >= 0.3 is 0 Å². The smallest absolute Gasteiger partial charge is 0.0786 e. The number of para-hydroxylation sites is 4. The third-order valence-electron chi connectivity index (χ3n) is 10.1. The number of hydrogen-bond donors (Lipinski definition) is 0. The quantitative estimate of drug-likeness (QED) is 0.190. The number of aryl methyl sites for hydroxylation is 1. The normalized spacial score (nSPS) is 12.7. The van der Waals surface area contributed by atoms with Crippen LogP contribution in [-0.2, 0) is 7.05 Å². The zero-order valence-corrected chi connectivity index (χ0v) is 24.0. The molecule has 44 heavy (non-hydrogen) atoms. The summed E-state index contributed by atoms with van der Waals surface area (Å²) in [6, 6.07) is 49.3. The maximum absolute atomic E-state index is 2.56. The summed E-state index contributed by atoms with van der Waals surface area (Å²) in [6.07, 6.45) is 0. The fourth-order valence-electron chi connectivity index (χ4n) is 8.41. The van der Waals surface area contributed by atoms with Gasteiger partial charge in [0.1, 0.15) is 0 Å². The lowest BCUT2D eigenvalue weighted by Gasteiger charge is -2.11. The van der Waals surface area contributed by atoms with E-state index in [1.165, 1.54) is 98.2 Å². The fraction of sp³-hybridized carbons (Fsp3) is 0.0244. The van der Waals surface area contributed by atoms with Crippen LogP contribution in [0.4, 0.5) is 0 Å².